The Morgan fingerprint density at radius 3 is 2.79 bits per heavy atom. The van der Waals surface area contributed by atoms with E-state index in [1.807, 2.05) is 48.5 Å². The van der Waals surface area contributed by atoms with Crippen molar-refractivity contribution >= 4 is 16.9 Å². The van der Waals surface area contributed by atoms with Crippen molar-refractivity contribution in [2.24, 2.45) is 5.73 Å². The minimum atomic E-state index is -0.366. The molecule has 0 saturated heterocycles. The fraction of sp³-hybridized carbons (Fsp3) is 0.211. The van der Waals surface area contributed by atoms with Gasteiger partial charge in [-0.3, -0.25) is 4.79 Å². The third-order valence-corrected chi connectivity index (χ3v) is 3.99. The lowest BCUT2D eigenvalue weighted by Crippen LogP contribution is -2.38. The zero-order valence-electron chi connectivity index (χ0n) is 13.7. The van der Waals surface area contributed by atoms with Crippen LogP contribution in [-0.2, 0) is 11.3 Å². The highest BCUT2D eigenvalue weighted by atomic mass is 16.5. The summed E-state index contributed by atoms with van der Waals surface area (Å²) in [7, 11) is 1.64. The van der Waals surface area contributed by atoms with Crippen molar-refractivity contribution in [2.45, 2.75) is 19.5 Å². The highest BCUT2D eigenvalue weighted by molar-refractivity contribution is 5.84. The first-order valence-electron chi connectivity index (χ1n) is 7.77. The third-order valence-electron chi connectivity index (χ3n) is 3.99. The Kier molecular flexibility index (Phi) is 4.53. The smallest absolute Gasteiger partial charge is 0.234 e. The summed E-state index contributed by atoms with van der Waals surface area (Å²) >= 11 is 0. The molecule has 124 valence electrons. The summed E-state index contributed by atoms with van der Waals surface area (Å²) in [5.41, 5.74) is 8.04. The van der Waals surface area contributed by atoms with Gasteiger partial charge in [0.2, 0.25) is 5.91 Å². The molecule has 1 aromatic heterocycles. The molecule has 3 N–H and O–H groups in total. The molecular formula is C19H20N2O3. The molecule has 24 heavy (non-hydrogen) atoms. The largest absolute Gasteiger partial charge is 0.496 e. The second-order valence-corrected chi connectivity index (χ2v) is 5.69. The Hall–Kier alpha value is -2.79. The SMILES string of the molecule is COc1ccccc1-c1cc2cc(CN[C@@H](C)C(N)=O)ccc2o1. The maximum absolute atomic E-state index is 11.1. The van der Waals surface area contributed by atoms with E-state index in [1.54, 1.807) is 14.0 Å². The predicted octanol–water partition coefficient (Wildman–Crippen LogP) is 3.07. The van der Waals surface area contributed by atoms with Crippen LogP contribution in [0.1, 0.15) is 12.5 Å². The van der Waals surface area contributed by atoms with E-state index in [0.717, 1.165) is 33.6 Å². The molecular weight excluding hydrogens is 304 g/mol. The monoisotopic (exact) mass is 324 g/mol. The number of nitrogens with two attached hydrogens (primary N) is 1. The highest BCUT2D eigenvalue weighted by Crippen LogP contribution is 2.34. The number of hydrogen-bond donors (Lipinski definition) is 2. The van der Waals surface area contributed by atoms with Gasteiger partial charge in [-0.05, 0) is 42.8 Å². The van der Waals surface area contributed by atoms with Crippen LogP contribution < -0.4 is 15.8 Å². The fourth-order valence-electron chi connectivity index (χ4n) is 2.56. The number of furan rings is 1. The van der Waals surface area contributed by atoms with Crippen LogP contribution in [0.25, 0.3) is 22.3 Å². The second-order valence-electron chi connectivity index (χ2n) is 5.69. The van der Waals surface area contributed by atoms with E-state index < -0.39 is 0 Å². The van der Waals surface area contributed by atoms with Gasteiger partial charge in [0.05, 0.1) is 18.7 Å². The molecule has 0 aliphatic carbocycles. The average molecular weight is 324 g/mol. The Morgan fingerprint density at radius 2 is 2.04 bits per heavy atom. The first kappa shape index (κ1) is 16.1. The third kappa shape index (κ3) is 3.26. The maximum atomic E-state index is 11.1. The van der Waals surface area contributed by atoms with Crippen LogP contribution in [0.3, 0.4) is 0 Å². The minimum Gasteiger partial charge on any atom is -0.496 e. The number of benzene rings is 2. The van der Waals surface area contributed by atoms with E-state index in [0.29, 0.717) is 6.54 Å². The van der Waals surface area contributed by atoms with Gasteiger partial charge in [0.1, 0.15) is 17.1 Å². The van der Waals surface area contributed by atoms with Crippen molar-refractivity contribution < 1.29 is 13.9 Å². The van der Waals surface area contributed by atoms with Crippen LogP contribution in [0.4, 0.5) is 0 Å². The number of carbonyl (C=O) groups excluding carboxylic acids is 1. The molecule has 1 heterocycles. The molecule has 0 bridgehead atoms. The van der Waals surface area contributed by atoms with Crippen LogP contribution in [0, 0.1) is 0 Å². The van der Waals surface area contributed by atoms with E-state index in [1.165, 1.54) is 0 Å². The fourth-order valence-corrected chi connectivity index (χ4v) is 2.56. The molecule has 0 spiro atoms. The Morgan fingerprint density at radius 1 is 1.25 bits per heavy atom. The van der Waals surface area contributed by atoms with Gasteiger partial charge in [0.15, 0.2) is 0 Å². The average Bonchev–Trinajstić information content (AvgIpc) is 3.02. The van der Waals surface area contributed by atoms with Crippen LogP contribution in [0.2, 0.25) is 0 Å². The number of ether oxygens (including phenoxy) is 1. The number of primary amides is 1. The maximum Gasteiger partial charge on any atom is 0.234 e. The standard InChI is InChI=1S/C19H20N2O3/c1-12(19(20)22)21-11-13-7-8-16-14(9-13)10-18(24-16)15-5-3-4-6-17(15)23-2/h3-10,12,21H,11H2,1-2H3,(H2,20,22)/t12-/m0/s1. The molecule has 5 heteroatoms. The van der Waals surface area contributed by atoms with Gasteiger partial charge in [-0.25, -0.2) is 0 Å². The highest BCUT2D eigenvalue weighted by Gasteiger charge is 2.12. The number of amides is 1. The van der Waals surface area contributed by atoms with E-state index in [4.69, 9.17) is 14.9 Å². The Labute approximate surface area is 140 Å². The molecule has 2 aromatic carbocycles. The molecule has 0 aliphatic heterocycles. The Balaban J connectivity index is 1.88. The van der Waals surface area contributed by atoms with Gasteiger partial charge in [-0.2, -0.15) is 0 Å². The van der Waals surface area contributed by atoms with Crippen molar-refractivity contribution in [3.05, 3.63) is 54.1 Å². The van der Waals surface area contributed by atoms with E-state index in [2.05, 4.69) is 5.32 Å². The van der Waals surface area contributed by atoms with Crippen LogP contribution in [-0.4, -0.2) is 19.1 Å². The van der Waals surface area contributed by atoms with E-state index >= 15 is 0 Å². The zero-order valence-corrected chi connectivity index (χ0v) is 13.7. The normalized spacial score (nSPS) is 12.2. The zero-order chi connectivity index (χ0) is 17.1. The molecule has 0 fully saturated rings. The van der Waals surface area contributed by atoms with Gasteiger partial charge in [-0.1, -0.05) is 18.2 Å². The number of para-hydroxylation sites is 1. The number of methoxy groups -OCH3 is 1. The van der Waals surface area contributed by atoms with Crippen molar-refractivity contribution in [2.75, 3.05) is 7.11 Å². The lowest BCUT2D eigenvalue weighted by molar-refractivity contribution is -0.119. The molecule has 1 amide bonds. The van der Waals surface area contributed by atoms with Gasteiger partial charge in [0, 0.05) is 11.9 Å². The topological polar surface area (TPSA) is 77.5 Å². The minimum absolute atomic E-state index is 0.363. The Bertz CT molecular complexity index is 870. The van der Waals surface area contributed by atoms with Crippen molar-refractivity contribution in [3.63, 3.8) is 0 Å². The lowest BCUT2D eigenvalue weighted by atomic mass is 10.1. The molecule has 5 nitrogen and oxygen atoms in total. The summed E-state index contributed by atoms with van der Waals surface area (Å²) < 4.78 is 11.3. The first-order valence-corrected chi connectivity index (χ1v) is 7.77. The van der Waals surface area contributed by atoms with Crippen LogP contribution >= 0.6 is 0 Å². The number of fused-ring (bicyclic) bond motifs is 1. The first-order chi connectivity index (χ1) is 11.6. The quantitative estimate of drug-likeness (QED) is 0.730. The molecule has 3 rings (SSSR count). The summed E-state index contributed by atoms with van der Waals surface area (Å²) in [4.78, 5) is 11.1. The molecule has 0 aliphatic rings. The van der Waals surface area contributed by atoms with Gasteiger partial charge in [-0.15, -0.1) is 0 Å². The summed E-state index contributed by atoms with van der Waals surface area (Å²) in [5.74, 6) is 1.17. The molecule has 0 radical (unpaired) electrons. The summed E-state index contributed by atoms with van der Waals surface area (Å²) in [6.45, 7) is 2.31. The van der Waals surface area contributed by atoms with Crippen molar-refractivity contribution in [3.8, 4) is 17.1 Å². The van der Waals surface area contributed by atoms with Gasteiger partial charge in [0.25, 0.3) is 0 Å². The van der Waals surface area contributed by atoms with E-state index in [9.17, 15) is 4.79 Å². The van der Waals surface area contributed by atoms with Gasteiger partial charge >= 0.3 is 0 Å². The molecule has 0 unspecified atom stereocenters. The number of carbonyl (C=O) groups is 1. The predicted molar refractivity (Wildman–Crippen MR) is 93.7 cm³/mol. The van der Waals surface area contributed by atoms with E-state index in [-0.39, 0.29) is 11.9 Å². The van der Waals surface area contributed by atoms with Gasteiger partial charge < -0.3 is 20.2 Å². The summed E-state index contributed by atoms with van der Waals surface area (Å²) in [6, 6.07) is 15.3. The number of nitrogens with one attached hydrogen (secondary N) is 1. The van der Waals surface area contributed by atoms with Crippen LogP contribution in [0.15, 0.2) is 52.9 Å². The van der Waals surface area contributed by atoms with Crippen molar-refractivity contribution in [1.29, 1.82) is 0 Å². The molecule has 3 aromatic rings. The summed E-state index contributed by atoms with van der Waals surface area (Å²) in [6.07, 6.45) is 0. The number of rotatable bonds is 6. The molecule has 0 saturated carbocycles. The summed E-state index contributed by atoms with van der Waals surface area (Å²) in [5, 5.41) is 4.10. The lowest BCUT2D eigenvalue weighted by Gasteiger charge is -2.09. The van der Waals surface area contributed by atoms with Crippen LogP contribution in [0.5, 0.6) is 5.75 Å². The number of hydrogen-bond acceptors (Lipinski definition) is 4. The molecule has 1 atom stereocenters. The second kappa shape index (κ2) is 6.76. The van der Waals surface area contributed by atoms with Crippen molar-refractivity contribution in [1.82, 2.24) is 5.32 Å².